The first-order chi connectivity index (χ1) is 16.1. The van der Waals surface area contributed by atoms with Crippen LogP contribution in [0.2, 0.25) is 5.02 Å². The number of pyridine rings is 2. The summed E-state index contributed by atoms with van der Waals surface area (Å²) >= 11 is 8.41. The van der Waals surface area contributed by atoms with Gasteiger partial charge in [0.1, 0.15) is 5.75 Å². The summed E-state index contributed by atoms with van der Waals surface area (Å²) in [4.78, 5) is 12.3. The summed E-state index contributed by atoms with van der Waals surface area (Å²) in [6.07, 6.45) is 10.4. The second-order valence-corrected chi connectivity index (χ2v) is 10.4. The van der Waals surface area contributed by atoms with Gasteiger partial charge in [-0.2, -0.15) is 0 Å². The number of halogens is 1. The Bertz CT molecular complexity index is 1040. The summed E-state index contributed by atoms with van der Waals surface area (Å²) in [5.74, 6) is 1.89. The highest BCUT2D eigenvalue weighted by atomic mass is 35.5. The number of benzene rings is 1. The first-order valence-corrected chi connectivity index (χ1v) is 13.0. The van der Waals surface area contributed by atoms with Gasteiger partial charge in [-0.1, -0.05) is 11.6 Å². The number of thioether (sulfide) groups is 1. The van der Waals surface area contributed by atoms with E-state index in [1.165, 1.54) is 4.90 Å². The number of aromatic nitrogens is 2. The smallest absolute Gasteiger partial charge is 0.119 e. The molecule has 3 heterocycles. The van der Waals surface area contributed by atoms with Crippen molar-refractivity contribution in [2.24, 2.45) is 5.41 Å². The lowest BCUT2D eigenvalue weighted by Gasteiger charge is -2.41. The van der Waals surface area contributed by atoms with Gasteiger partial charge in [-0.25, -0.2) is 0 Å². The molecule has 0 amide bonds. The average molecular weight is 486 g/mol. The van der Waals surface area contributed by atoms with Crippen molar-refractivity contribution in [3.05, 3.63) is 59.5 Å². The van der Waals surface area contributed by atoms with Crippen LogP contribution in [0.25, 0.3) is 10.9 Å². The van der Waals surface area contributed by atoms with Crippen LogP contribution in [-0.4, -0.2) is 59.1 Å². The molecule has 5 nitrogen and oxygen atoms in total. The molecule has 1 aliphatic rings. The van der Waals surface area contributed by atoms with E-state index in [4.69, 9.17) is 16.3 Å². The van der Waals surface area contributed by atoms with E-state index in [1.807, 2.05) is 42.4 Å². The number of aliphatic hydroxyl groups excluding tert-OH is 1. The fourth-order valence-electron chi connectivity index (χ4n) is 4.69. The molecule has 7 heteroatoms. The minimum atomic E-state index is 0.0156. The SMILES string of the molecule is COc1ccc2ncc(Cl)c(CCCC3(CO)CCN(CCSc4ccncc4)CC3)c2c1. The Morgan fingerprint density at radius 1 is 1.18 bits per heavy atom. The van der Waals surface area contributed by atoms with Crippen molar-refractivity contribution in [2.75, 3.05) is 39.1 Å². The van der Waals surface area contributed by atoms with Gasteiger partial charge in [-0.05, 0) is 86.5 Å². The molecular weight excluding hydrogens is 454 g/mol. The molecule has 0 bridgehead atoms. The highest BCUT2D eigenvalue weighted by Gasteiger charge is 2.33. The molecule has 1 saturated heterocycles. The van der Waals surface area contributed by atoms with Crippen molar-refractivity contribution in [1.29, 1.82) is 0 Å². The molecule has 0 atom stereocenters. The Hall–Kier alpha value is -1.86. The quantitative estimate of drug-likeness (QED) is 0.383. The van der Waals surface area contributed by atoms with Crippen LogP contribution in [-0.2, 0) is 6.42 Å². The number of fused-ring (bicyclic) bond motifs is 1. The van der Waals surface area contributed by atoms with Crippen LogP contribution in [0.5, 0.6) is 5.75 Å². The normalized spacial score (nSPS) is 16.2. The molecule has 0 spiro atoms. The number of likely N-dealkylation sites (tertiary alicyclic amines) is 1. The second kappa shape index (κ2) is 11.5. The van der Waals surface area contributed by atoms with Gasteiger partial charge >= 0.3 is 0 Å². The average Bonchev–Trinajstić information content (AvgIpc) is 2.86. The Labute approximate surface area is 205 Å². The summed E-state index contributed by atoms with van der Waals surface area (Å²) in [5, 5.41) is 12.0. The number of ether oxygens (including phenoxy) is 1. The van der Waals surface area contributed by atoms with Crippen LogP contribution in [0, 0.1) is 5.41 Å². The van der Waals surface area contributed by atoms with Gasteiger partial charge < -0.3 is 14.7 Å². The van der Waals surface area contributed by atoms with E-state index >= 15 is 0 Å². The molecule has 33 heavy (non-hydrogen) atoms. The zero-order chi connectivity index (χ0) is 23.1. The fraction of sp³-hybridized carbons (Fsp3) is 0.462. The predicted molar refractivity (Wildman–Crippen MR) is 136 cm³/mol. The van der Waals surface area contributed by atoms with Crippen molar-refractivity contribution in [3.63, 3.8) is 0 Å². The standard InChI is InChI=1S/C26H32ClN3O2S/c1-32-20-4-5-25-23(17-20)22(24(27)18-29-25)3-2-8-26(19-31)9-13-30(14-10-26)15-16-33-21-6-11-28-12-7-21/h4-7,11-12,17-18,31H,2-3,8-10,13-16,19H2,1H3. The van der Waals surface area contributed by atoms with E-state index in [9.17, 15) is 5.11 Å². The number of hydrogen-bond acceptors (Lipinski definition) is 6. The van der Waals surface area contributed by atoms with E-state index in [1.54, 1.807) is 13.3 Å². The third-order valence-electron chi connectivity index (χ3n) is 6.85. The number of aryl methyl sites for hydroxylation is 1. The van der Waals surface area contributed by atoms with Crippen LogP contribution in [0.4, 0.5) is 0 Å². The second-order valence-electron chi connectivity index (χ2n) is 8.85. The molecule has 3 aromatic rings. The number of methoxy groups -OCH3 is 1. The van der Waals surface area contributed by atoms with Crippen LogP contribution < -0.4 is 4.74 Å². The lowest BCUT2D eigenvalue weighted by Crippen LogP contribution is -2.42. The van der Waals surface area contributed by atoms with Crippen molar-refractivity contribution in [1.82, 2.24) is 14.9 Å². The largest absolute Gasteiger partial charge is 0.497 e. The first-order valence-electron chi connectivity index (χ1n) is 11.6. The Morgan fingerprint density at radius 3 is 2.70 bits per heavy atom. The maximum atomic E-state index is 10.3. The van der Waals surface area contributed by atoms with Gasteiger partial charge in [0, 0.05) is 47.8 Å². The van der Waals surface area contributed by atoms with Gasteiger partial charge in [0.2, 0.25) is 0 Å². The topological polar surface area (TPSA) is 58.5 Å². The van der Waals surface area contributed by atoms with E-state index in [2.05, 4.69) is 27.0 Å². The van der Waals surface area contributed by atoms with Gasteiger partial charge in [0.25, 0.3) is 0 Å². The van der Waals surface area contributed by atoms with Crippen molar-refractivity contribution >= 4 is 34.3 Å². The molecule has 4 rings (SSSR count). The van der Waals surface area contributed by atoms with Crippen LogP contribution in [0.3, 0.4) is 0 Å². The molecule has 176 valence electrons. The number of hydrogen-bond donors (Lipinski definition) is 1. The Morgan fingerprint density at radius 2 is 1.97 bits per heavy atom. The highest BCUT2D eigenvalue weighted by Crippen LogP contribution is 2.37. The maximum absolute atomic E-state index is 10.3. The summed E-state index contributed by atoms with van der Waals surface area (Å²) in [7, 11) is 1.67. The minimum Gasteiger partial charge on any atom is -0.497 e. The van der Waals surface area contributed by atoms with Gasteiger partial charge in [-0.15, -0.1) is 11.8 Å². The van der Waals surface area contributed by atoms with Gasteiger partial charge in [-0.3, -0.25) is 9.97 Å². The van der Waals surface area contributed by atoms with Gasteiger partial charge in [0.05, 0.1) is 17.6 Å². The molecule has 0 unspecified atom stereocenters. The summed E-state index contributed by atoms with van der Waals surface area (Å²) in [5.41, 5.74) is 2.08. The van der Waals surface area contributed by atoms with E-state index in [0.717, 1.165) is 79.7 Å². The molecule has 1 aromatic carbocycles. The Kier molecular flexibility index (Phi) is 8.47. The monoisotopic (exact) mass is 485 g/mol. The van der Waals surface area contributed by atoms with Crippen molar-refractivity contribution in [3.8, 4) is 5.75 Å². The summed E-state index contributed by atoms with van der Waals surface area (Å²) in [6.45, 7) is 3.43. The molecule has 0 radical (unpaired) electrons. The molecule has 1 aliphatic heterocycles. The summed E-state index contributed by atoms with van der Waals surface area (Å²) in [6, 6.07) is 10.1. The number of piperidine rings is 1. The fourth-order valence-corrected chi connectivity index (χ4v) is 5.83. The summed E-state index contributed by atoms with van der Waals surface area (Å²) < 4.78 is 5.40. The third-order valence-corrected chi connectivity index (χ3v) is 8.16. The molecular formula is C26H32ClN3O2S. The predicted octanol–water partition coefficient (Wildman–Crippen LogP) is 5.48. The first kappa shape index (κ1) is 24.3. The zero-order valence-corrected chi connectivity index (χ0v) is 20.7. The van der Waals surface area contributed by atoms with Crippen molar-refractivity contribution in [2.45, 2.75) is 37.0 Å². The minimum absolute atomic E-state index is 0.0156. The third kappa shape index (κ3) is 6.18. The molecule has 0 aliphatic carbocycles. The number of nitrogens with zero attached hydrogens (tertiary/aromatic N) is 3. The van der Waals surface area contributed by atoms with Crippen LogP contribution in [0.15, 0.2) is 53.8 Å². The molecule has 2 aromatic heterocycles. The zero-order valence-electron chi connectivity index (χ0n) is 19.2. The number of rotatable bonds is 10. The van der Waals surface area contributed by atoms with Crippen LogP contribution in [0.1, 0.15) is 31.2 Å². The molecule has 1 fully saturated rings. The molecule has 0 saturated carbocycles. The number of aliphatic hydroxyl groups is 1. The van der Waals surface area contributed by atoms with E-state index < -0.39 is 0 Å². The van der Waals surface area contributed by atoms with Crippen LogP contribution >= 0.6 is 23.4 Å². The van der Waals surface area contributed by atoms with E-state index in [0.29, 0.717) is 5.02 Å². The highest BCUT2D eigenvalue weighted by molar-refractivity contribution is 7.99. The van der Waals surface area contributed by atoms with Crippen molar-refractivity contribution < 1.29 is 9.84 Å². The lowest BCUT2D eigenvalue weighted by molar-refractivity contribution is 0.0378. The Balaban J connectivity index is 1.30. The molecule has 1 N–H and O–H groups in total. The van der Waals surface area contributed by atoms with Gasteiger partial charge in [0.15, 0.2) is 0 Å². The lowest BCUT2D eigenvalue weighted by atomic mass is 9.75. The maximum Gasteiger partial charge on any atom is 0.119 e. The van der Waals surface area contributed by atoms with E-state index in [-0.39, 0.29) is 12.0 Å².